The molecule has 0 spiro atoms. The molecule has 7 nitrogen and oxygen atoms in total. The van der Waals surface area contributed by atoms with E-state index in [1.165, 1.54) is 41.8 Å². The van der Waals surface area contributed by atoms with Crippen molar-refractivity contribution in [3.8, 4) is 0 Å². The fraction of sp³-hybridized carbons (Fsp3) is 0.381. The molecule has 29 heavy (non-hydrogen) atoms. The van der Waals surface area contributed by atoms with Crippen LogP contribution in [-0.2, 0) is 27.8 Å². The van der Waals surface area contributed by atoms with E-state index >= 15 is 0 Å². The minimum Gasteiger partial charge on any atom is -0.383 e. The molecular weight excluding hydrogens is 390 g/mol. The Hall–Kier alpha value is -2.26. The molecule has 0 aliphatic rings. The molecule has 0 aromatic heterocycles. The van der Waals surface area contributed by atoms with Crippen LogP contribution in [0.2, 0.25) is 0 Å². The lowest BCUT2D eigenvalue weighted by atomic mass is 10.1. The highest BCUT2D eigenvalue weighted by molar-refractivity contribution is 7.89. The number of amides is 1. The van der Waals surface area contributed by atoms with Crippen molar-refractivity contribution in [3.05, 3.63) is 65.2 Å². The zero-order chi connectivity index (χ0) is 21.4. The van der Waals surface area contributed by atoms with E-state index in [9.17, 15) is 13.2 Å². The summed E-state index contributed by atoms with van der Waals surface area (Å²) < 4.78 is 32.1. The number of nitrogens with one attached hydrogen (secondary N) is 3. The smallest absolute Gasteiger partial charge is 0.251 e. The van der Waals surface area contributed by atoms with Crippen LogP contribution in [0.15, 0.2) is 53.4 Å². The number of benzene rings is 2. The molecule has 2 aromatic carbocycles. The van der Waals surface area contributed by atoms with Gasteiger partial charge in [-0.2, -0.15) is 0 Å². The van der Waals surface area contributed by atoms with E-state index in [0.717, 1.165) is 12.1 Å². The second-order valence-corrected chi connectivity index (χ2v) is 9.10. The molecular formula is C21H30N3O4S+. The quantitative estimate of drug-likeness (QED) is 0.525. The second kappa shape index (κ2) is 10.5. The lowest BCUT2D eigenvalue weighted by Gasteiger charge is -2.13. The van der Waals surface area contributed by atoms with E-state index in [1.54, 1.807) is 6.92 Å². The highest BCUT2D eigenvalue weighted by Crippen LogP contribution is 2.12. The van der Waals surface area contributed by atoms with Gasteiger partial charge in [0, 0.05) is 30.8 Å². The summed E-state index contributed by atoms with van der Waals surface area (Å²) >= 11 is 0. The largest absolute Gasteiger partial charge is 0.383 e. The molecule has 0 radical (unpaired) electrons. The summed E-state index contributed by atoms with van der Waals surface area (Å²) in [6.45, 7) is 3.35. The first-order valence-corrected chi connectivity index (χ1v) is 11.0. The number of methoxy groups -OCH3 is 1. The minimum atomic E-state index is -3.66. The number of hydrogen-bond donors (Lipinski definition) is 3. The summed E-state index contributed by atoms with van der Waals surface area (Å²) in [4.78, 5) is 13.8. The molecule has 0 aliphatic carbocycles. The van der Waals surface area contributed by atoms with Gasteiger partial charge < -0.3 is 15.0 Å². The molecule has 3 N–H and O–H groups in total. The van der Waals surface area contributed by atoms with Gasteiger partial charge in [0.05, 0.1) is 25.6 Å². The van der Waals surface area contributed by atoms with E-state index < -0.39 is 10.0 Å². The first-order chi connectivity index (χ1) is 13.7. The van der Waals surface area contributed by atoms with Gasteiger partial charge in [0.15, 0.2) is 0 Å². The van der Waals surface area contributed by atoms with E-state index in [-0.39, 0.29) is 23.5 Å². The standard InChI is InChI=1S/C21H29N3O4S/c1-16(15-28-4)23-29(26,27)20-11-9-19(10-12-20)21(25)22-13-17-5-7-18(8-6-17)14-24(2)3/h5-12,16,23H,13-15H2,1-4H3,(H,22,25)/p+1/t16-/m0/s1. The predicted molar refractivity (Wildman–Crippen MR) is 112 cm³/mol. The lowest BCUT2D eigenvalue weighted by Crippen LogP contribution is -3.04. The van der Waals surface area contributed by atoms with Gasteiger partial charge in [0.2, 0.25) is 10.0 Å². The molecule has 0 aliphatic heterocycles. The van der Waals surface area contributed by atoms with E-state index in [0.29, 0.717) is 12.1 Å². The summed E-state index contributed by atoms with van der Waals surface area (Å²) in [5.41, 5.74) is 2.65. The van der Waals surface area contributed by atoms with Crippen molar-refractivity contribution in [1.29, 1.82) is 0 Å². The summed E-state index contributed by atoms with van der Waals surface area (Å²) in [7, 11) is 2.05. The second-order valence-electron chi connectivity index (χ2n) is 7.39. The van der Waals surface area contributed by atoms with Crippen LogP contribution in [0.4, 0.5) is 0 Å². The molecule has 0 saturated carbocycles. The average Bonchev–Trinajstić information content (AvgIpc) is 2.66. The topological polar surface area (TPSA) is 88.9 Å². The van der Waals surface area contributed by atoms with Gasteiger partial charge >= 0.3 is 0 Å². The first-order valence-electron chi connectivity index (χ1n) is 9.47. The molecule has 1 amide bonds. The van der Waals surface area contributed by atoms with Gasteiger partial charge in [-0.1, -0.05) is 24.3 Å². The maximum absolute atomic E-state index is 12.4. The zero-order valence-electron chi connectivity index (χ0n) is 17.4. The Kier molecular flexibility index (Phi) is 8.33. The lowest BCUT2D eigenvalue weighted by molar-refractivity contribution is -0.872. The van der Waals surface area contributed by atoms with Crippen LogP contribution >= 0.6 is 0 Å². The Morgan fingerprint density at radius 3 is 2.17 bits per heavy atom. The molecule has 0 fully saturated rings. The third-order valence-corrected chi connectivity index (χ3v) is 5.84. The Morgan fingerprint density at radius 2 is 1.62 bits per heavy atom. The van der Waals surface area contributed by atoms with Gasteiger partial charge in [-0.05, 0) is 36.8 Å². The number of rotatable bonds is 10. The monoisotopic (exact) mass is 420 g/mol. The molecule has 2 rings (SSSR count). The van der Waals surface area contributed by atoms with Crippen LogP contribution in [0.5, 0.6) is 0 Å². The number of hydrogen-bond acceptors (Lipinski definition) is 4. The molecule has 0 bridgehead atoms. The number of ether oxygens (including phenoxy) is 1. The van der Waals surface area contributed by atoms with Crippen LogP contribution < -0.4 is 14.9 Å². The van der Waals surface area contributed by atoms with Crippen molar-refractivity contribution in [2.75, 3.05) is 27.8 Å². The van der Waals surface area contributed by atoms with Gasteiger partial charge in [0.1, 0.15) is 6.54 Å². The van der Waals surface area contributed by atoms with Crippen molar-refractivity contribution < 1.29 is 22.8 Å². The van der Waals surface area contributed by atoms with Gasteiger partial charge in [-0.25, -0.2) is 13.1 Å². The van der Waals surface area contributed by atoms with Crippen LogP contribution in [0, 0.1) is 0 Å². The van der Waals surface area contributed by atoms with E-state index in [1.807, 2.05) is 12.1 Å². The van der Waals surface area contributed by atoms with Crippen molar-refractivity contribution in [2.24, 2.45) is 0 Å². The fourth-order valence-corrected chi connectivity index (χ4v) is 4.10. The average molecular weight is 421 g/mol. The molecule has 158 valence electrons. The highest BCUT2D eigenvalue weighted by Gasteiger charge is 2.18. The van der Waals surface area contributed by atoms with Crippen LogP contribution in [-0.4, -0.2) is 48.2 Å². The summed E-state index contributed by atoms with van der Waals surface area (Å²) in [5.74, 6) is -0.253. The zero-order valence-corrected chi connectivity index (χ0v) is 18.2. The summed E-state index contributed by atoms with van der Waals surface area (Å²) in [6, 6.07) is 13.6. The first kappa shape index (κ1) is 23.0. The Balaban J connectivity index is 1.95. The fourth-order valence-electron chi connectivity index (χ4n) is 2.87. The van der Waals surface area contributed by atoms with Gasteiger partial charge in [-0.15, -0.1) is 0 Å². The third kappa shape index (κ3) is 7.25. The molecule has 2 aromatic rings. The Morgan fingerprint density at radius 1 is 1.03 bits per heavy atom. The van der Waals surface area contributed by atoms with Gasteiger partial charge in [0.25, 0.3) is 5.91 Å². The third-order valence-electron chi connectivity index (χ3n) is 4.23. The molecule has 0 heterocycles. The molecule has 1 atom stereocenters. The van der Waals surface area contributed by atoms with Gasteiger partial charge in [-0.3, -0.25) is 4.79 Å². The predicted octanol–water partition coefficient (Wildman–Crippen LogP) is 0.574. The normalized spacial score (nSPS) is 12.7. The van der Waals surface area contributed by atoms with Crippen molar-refractivity contribution >= 4 is 15.9 Å². The minimum absolute atomic E-state index is 0.107. The molecule has 8 heteroatoms. The number of carbonyl (C=O) groups is 1. The Bertz CT molecular complexity index is 895. The van der Waals surface area contributed by atoms with Crippen LogP contribution in [0.25, 0.3) is 0 Å². The van der Waals surface area contributed by atoms with Crippen LogP contribution in [0.1, 0.15) is 28.4 Å². The molecule has 0 saturated heterocycles. The van der Waals surface area contributed by atoms with Crippen molar-refractivity contribution in [2.45, 2.75) is 31.0 Å². The van der Waals surface area contributed by atoms with E-state index in [2.05, 4.69) is 36.3 Å². The Labute approximate surface area is 173 Å². The number of sulfonamides is 1. The molecule has 0 unspecified atom stereocenters. The SMILES string of the molecule is COC[C@H](C)NS(=O)(=O)c1ccc(C(=O)NCc2ccc(C[NH+](C)C)cc2)cc1. The van der Waals surface area contributed by atoms with E-state index in [4.69, 9.17) is 4.74 Å². The number of carbonyl (C=O) groups excluding carboxylic acids is 1. The number of quaternary nitrogens is 1. The van der Waals surface area contributed by atoms with Crippen LogP contribution in [0.3, 0.4) is 0 Å². The summed E-state index contributed by atoms with van der Waals surface area (Å²) in [6.07, 6.45) is 0. The van der Waals surface area contributed by atoms with Crippen molar-refractivity contribution in [1.82, 2.24) is 10.0 Å². The maximum atomic E-state index is 12.4. The van der Waals surface area contributed by atoms with Crippen molar-refractivity contribution in [3.63, 3.8) is 0 Å². The maximum Gasteiger partial charge on any atom is 0.251 e. The highest BCUT2D eigenvalue weighted by atomic mass is 32.2. The summed E-state index contributed by atoms with van der Waals surface area (Å²) in [5, 5.41) is 2.86.